The van der Waals surface area contributed by atoms with Crippen LogP contribution in [0.1, 0.15) is 41.8 Å². The summed E-state index contributed by atoms with van der Waals surface area (Å²) in [6.45, 7) is 4.68. The third-order valence-corrected chi connectivity index (χ3v) is 5.99. The smallest absolute Gasteiger partial charge is 0.255 e. The van der Waals surface area contributed by atoms with E-state index in [1.807, 2.05) is 21.8 Å². The molecule has 0 atom stereocenters. The first kappa shape index (κ1) is 21.4. The van der Waals surface area contributed by atoms with Crippen LogP contribution in [0.15, 0.2) is 35.2 Å². The Kier molecular flexibility index (Phi) is 6.64. The molecule has 29 heavy (non-hydrogen) atoms. The second kappa shape index (κ2) is 9.00. The molecule has 2 aromatic rings. The van der Waals surface area contributed by atoms with Gasteiger partial charge in [-0.15, -0.1) is 12.4 Å². The molecule has 2 aliphatic heterocycles. The van der Waals surface area contributed by atoms with Crippen molar-refractivity contribution in [2.24, 2.45) is 0 Å². The van der Waals surface area contributed by atoms with Gasteiger partial charge in [-0.2, -0.15) is 5.10 Å². The normalized spacial score (nSPS) is 19.4. The van der Waals surface area contributed by atoms with Crippen LogP contribution in [0, 0.1) is 6.92 Å². The Morgan fingerprint density at radius 2 is 2.00 bits per heavy atom. The largest absolute Gasteiger partial charge is 0.469 e. The molecule has 4 heterocycles. The van der Waals surface area contributed by atoms with Crippen LogP contribution in [-0.2, 0) is 10.3 Å². The topological polar surface area (TPSA) is 92.4 Å². The number of aryl methyl sites for hydroxylation is 1. The molecule has 0 saturated carbocycles. The number of aromatic nitrogens is 2. The van der Waals surface area contributed by atoms with Gasteiger partial charge in [0.25, 0.3) is 11.8 Å². The van der Waals surface area contributed by atoms with E-state index in [9.17, 15) is 9.59 Å². The summed E-state index contributed by atoms with van der Waals surface area (Å²) in [4.78, 5) is 27.8. The molecule has 2 N–H and O–H groups in total. The molecule has 0 aliphatic carbocycles. The minimum Gasteiger partial charge on any atom is -0.469 e. The highest BCUT2D eigenvalue weighted by Crippen LogP contribution is 2.30. The van der Waals surface area contributed by atoms with Crippen LogP contribution >= 0.6 is 12.4 Å². The molecule has 2 aliphatic rings. The maximum atomic E-state index is 13.5. The van der Waals surface area contributed by atoms with Crippen molar-refractivity contribution in [3.8, 4) is 0 Å². The fourth-order valence-corrected chi connectivity index (χ4v) is 4.31. The van der Waals surface area contributed by atoms with Crippen LogP contribution in [0.5, 0.6) is 0 Å². The van der Waals surface area contributed by atoms with Crippen molar-refractivity contribution in [1.82, 2.24) is 25.3 Å². The molecular formula is C20H28ClN5O3. The summed E-state index contributed by atoms with van der Waals surface area (Å²) in [7, 11) is 0. The zero-order valence-corrected chi connectivity index (χ0v) is 17.4. The number of carbonyl (C=O) groups is 2. The summed E-state index contributed by atoms with van der Waals surface area (Å²) in [5.74, 6) is 0.660. The van der Waals surface area contributed by atoms with Gasteiger partial charge in [0.05, 0.1) is 11.8 Å². The lowest BCUT2D eigenvalue weighted by Gasteiger charge is -2.42. The fraction of sp³-hybridized carbons (Fsp3) is 0.550. The van der Waals surface area contributed by atoms with Crippen molar-refractivity contribution in [2.75, 3.05) is 26.2 Å². The van der Waals surface area contributed by atoms with Crippen molar-refractivity contribution < 1.29 is 14.0 Å². The number of likely N-dealkylation sites (tertiary alicyclic amines) is 1. The molecule has 4 rings (SSSR count). The van der Waals surface area contributed by atoms with Gasteiger partial charge in [-0.05, 0) is 57.8 Å². The molecule has 9 heteroatoms. The Morgan fingerprint density at radius 3 is 2.59 bits per heavy atom. The lowest BCUT2D eigenvalue weighted by Crippen LogP contribution is -2.58. The minimum absolute atomic E-state index is 0. The summed E-state index contributed by atoms with van der Waals surface area (Å²) in [6, 6.07) is 3.63. The second-order valence-electron chi connectivity index (χ2n) is 7.66. The van der Waals surface area contributed by atoms with Crippen LogP contribution < -0.4 is 10.6 Å². The van der Waals surface area contributed by atoms with Gasteiger partial charge < -0.3 is 20.0 Å². The number of carbonyl (C=O) groups excluding carboxylic acids is 2. The van der Waals surface area contributed by atoms with Gasteiger partial charge in [0, 0.05) is 31.5 Å². The number of hydrogen-bond acceptors (Lipinski definition) is 5. The van der Waals surface area contributed by atoms with E-state index in [1.54, 1.807) is 19.2 Å². The number of nitrogens with zero attached hydrogens (tertiary/aromatic N) is 3. The quantitative estimate of drug-likeness (QED) is 0.784. The lowest BCUT2D eigenvalue weighted by molar-refractivity contribution is -0.144. The second-order valence-corrected chi connectivity index (χ2v) is 7.66. The molecule has 2 fully saturated rings. The maximum Gasteiger partial charge on any atom is 0.255 e. The average molecular weight is 422 g/mol. The van der Waals surface area contributed by atoms with Gasteiger partial charge in [-0.3, -0.25) is 14.3 Å². The first-order chi connectivity index (χ1) is 13.6. The predicted molar refractivity (Wildman–Crippen MR) is 110 cm³/mol. The van der Waals surface area contributed by atoms with Crippen molar-refractivity contribution >= 4 is 24.2 Å². The molecule has 158 valence electrons. The zero-order chi connectivity index (χ0) is 19.6. The third-order valence-electron chi connectivity index (χ3n) is 5.99. The predicted octanol–water partition coefficient (Wildman–Crippen LogP) is 1.71. The van der Waals surface area contributed by atoms with Gasteiger partial charge in [0.2, 0.25) is 0 Å². The monoisotopic (exact) mass is 421 g/mol. The summed E-state index contributed by atoms with van der Waals surface area (Å²) in [6.07, 6.45) is 8.14. The maximum absolute atomic E-state index is 13.5. The average Bonchev–Trinajstić information content (AvgIpc) is 3.40. The van der Waals surface area contributed by atoms with Crippen LogP contribution in [0.25, 0.3) is 0 Å². The molecule has 0 aromatic carbocycles. The molecule has 8 nitrogen and oxygen atoms in total. The Balaban J connectivity index is 0.00000240. The molecule has 0 radical (unpaired) electrons. The van der Waals surface area contributed by atoms with Crippen molar-refractivity contribution in [2.45, 2.75) is 44.2 Å². The van der Waals surface area contributed by atoms with E-state index in [2.05, 4.69) is 15.7 Å². The number of furan rings is 1. The van der Waals surface area contributed by atoms with E-state index in [0.29, 0.717) is 24.4 Å². The summed E-state index contributed by atoms with van der Waals surface area (Å²) in [5, 5.41) is 10.8. The standard InChI is InChI=1S/C20H27N5O3.ClH/c1-15-17(5-14-28-15)18(26)23-16-3-12-24(13-4-16)19(27)20(6-9-21-10-7-20)25-11-2-8-22-25;/h2,5,8,11,14,16,21H,3-4,6-7,9-10,12-13H2,1H3,(H,23,26);1H. The molecular weight excluding hydrogens is 394 g/mol. The van der Waals surface area contributed by atoms with Crippen LogP contribution in [0.3, 0.4) is 0 Å². The zero-order valence-electron chi connectivity index (χ0n) is 16.6. The molecule has 0 unspecified atom stereocenters. The summed E-state index contributed by atoms with van der Waals surface area (Å²) >= 11 is 0. The van der Waals surface area contributed by atoms with Crippen molar-refractivity contribution in [3.05, 3.63) is 42.1 Å². The number of hydrogen-bond donors (Lipinski definition) is 2. The number of amides is 2. The highest BCUT2D eigenvalue weighted by molar-refractivity contribution is 5.95. The van der Waals surface area contributed by atoms with E-state index in [0.717, 1.165) is 38.8 Å². The number of rotatable bonds is 4. The Hall–Kier alpha value is -2.32. The van der Waals surface area contributed by atoms with E-state index in [-0.39, 0.29) is 30.3 Å². The molecule has 2 aromatic heterocycles. The minimum atomic E-state index is -0.598. The van der Waals surface area contributed by atoms with Gasteiger partial charge in [0.15, 0.2) is 0 Å². The van der Waals surface area contributed by atoms with Crippen molar-refractivity contribution in [1.29, 1.82) is 0 Å². The van der Waals surface area contributed by atoms with E-state index >= 15 is 0 Å². The van der Waals surface area contributed by atoms with Crippen LogP contribution in [0.2, 0.25) is 0 Å². The van der Waals surface area contributed by atoms with E-state index in [1.165, 1.54) is 6.26 Å². The number of nitrogens with one attached hydrogen (secondary N) is 2. The van der Waals surface area contributed by atoms with E-state index < -0.39 is 5.54 Å². The van der Waals surface area contributed by atoms with Gasteiger partial charge in [0.1, 0.15) is 11.3 Å². The summed E-state index contributed by atoms with van der Waals surface area (Å²) < 4.78 is 7.05. The Morgan fingerprint density at radius 1 is 1.28 bits per heavy atom. The Labute approximate surface area is 176 Å². The molecule has 0 spiro atoms. The highest BCUT2D eigenvalue weighted by atomic mass is 35.5. The van der Waals surface area contributed by atoms with Crippen LogP contribution in [-0.4, -0.2) is 58.7 Å². The van der Waals surface area contributed by atoms with Gasteiger partial charge in [-0.25, -0.2) is 0 Å². The van der Waals surface area contributed by atoms with E-state index in [4.69, 9.17) is 4.42 Å². The van der Waals surface area contributed by atoms with Gasteiger partial charge >= 0.3 is 0 Å². The fourth-order valence-electron chi connectivity index (χ4n) is 4.31. The summed E-state index contributed by atoms with van der Waals surface area (Å²) in [5.41, 5.74) is -0.0236. The highest BCUT2D eigenvalue weighted by Gasteiger charge is 2.45. The third kappa shape index (κ3) is 4.18. The van der Waals surface area contributed by atoms with Gasteiger partial charge in [-0.1, -0.05) is 0 Å². The van der Waals surface area contributed by atoms with Crippen molar-refractivity contribution in [3.63, 3.8) is 0 Å². The molecule has 2 amide bonds. The number of piperidine rings is 2. The Bertz CT molecular complexity index is 821. The first-order valence-corrected chi connectivity index (χ1v) is 9.95. The van der Waals surface area contributed by atoms with Crippen LogP contribution in [0.4, 0.5) is 0 Å². The number of halogens is 1. The SMILES string of the molecule is Cc1occc1C(=O)NC1CCN(C(=O)C2(n3cccn3)CCNCC2)CC1.Cl. The first-order valence-electron chi connectivity index (χ1n) is 9.95. The molecule has 0 bridgehead atoms. The molecule has 2 saturated heterocycles. The lowest BCUT2D eigenvalue weighted by atomic mass is 9.86.